The number of anilines is 2. The third-order valence-electron chi connectivity index (χ3n) is 6.23. The standard InChI is InChI=1S/C27H31FN4O/c1-30(2)24-14-10-21(11-15-24)26(20-29-27(33)22-8-12-23(28)13-9-22)32-18-16-31(17-19-32)25-6-4-3-5-7-25/h3-15,26H,16-20H2,1-2H3,(H,29,33). The summed E-state index contributed by atoms with van der Waals surface area (Å²) in [6, 6.07) is 24.7. The zero-order valence-corrected chi connectivity index (χ0v) is 19.2. The lowest BCUT2D eigenvalue weighted by Gasteiger charge is -2.40. The summed E-state index contributed by atoms with van der Waals surface area (Å²) >= 11 is 0. The van der Waals surface area contributed by atoms with Crippen LogP contribution in [0.4, 0.5) is 15.8 Å². The molecule has 4 rings (SSSR count). The molecule has 5 nitrogen and oxygen atoms in total. The summed E-state index contributed by atoms with van der Waals surface area (Å²) in [5.41, 5.74) is 4.02. The lowest BCUT2D eigenvalue weighted by Crippen LogP contribution is -2.50. The van der Waals surface area contributed by atoms with E-state index < -0.39 is 0 Å². The van der Waals surface area contributed by atoms with Gasteiger partial charge in [-0.05, 0) is 54.1 Å². The summed E-state index contributed by atoms with van der Waals surface area (Å²) in [5.74, 6) is -0.533. The van der Waals surface area contributed by atoms with Crippen LogP contribution in [0.15, 0.2) is 78.9 Å². The highest BCUT2D eigenvalue weighted by Crippen LogP contribution is 2.26. The minimum Gasteiger partial charge on any atom is -0.378 e. The summed E-state index contributed by atoms with van der Waals surface area (Å²) in [6.07, 6.45) is 0. The van der Waals surface area contributed by atoms with Crippen molar-refractivity contribution in [1.82, 2.24) is 10.2 Å². The molecule has 1 saturated heterocycles. The van der Waals surface area contributed by atoms with Crippen molar-refractivity contribution in [3.8, 4) is 0 Å². The predicted octanol–water partition coefficient (Wildman–Crippen LogP) is 4.19. The highest BCUT2D eigenvalue weighted by atomic mass is 19.1. The van der Waals surface area contributed by atoms with Gasteiger partial charge in [-0.2, -0.15) is 0 Å². The number of nitrogens with zero attached hydrogens (tertiary/aromatic N) is 3. The molecule has 1 heterocycles. The van der Waals surface area contributed by atoms with Crippen molar-refractivity contribution in [3.63, 3.8) is 0 Å². The van der Waals surface area contributed by atoms with Gasteiger partial charge in [0, 0.05) is 63.8 Å². The second kappa shape index (κ2) is 10.5. The molecule has 6 heteroatoms. The van der Waals surface area contributed by atoms with Crippen molar-refractivity contribution >= 4 is 17.3 Å². The molecule has 1 amide bonds. The molecule has 1 fully saturated rings. The molecule has 0 aliphatic carbocycles. The Labute approximate surface area is 195 Å². The molecule has 172 valence electrons. The smallest absolute Gasteiger partial charge is 0.251 e. The molecule has 33 heavy (non-hydrogen) atoms. The number of carbonyl (C=O) groups is 1. The fraction of sp³-hybridized carbons (Fsp3) is 0.296. The molecule has 0 bridgehead atoms. The molecule has 3 aromatic rings. The van der Waals surface area contributed by atoms with E-state index in [0.29, 0.717) is 12.1 Å². The molecular weight excluding hydrogens is 415 g/mol. The molecule has 1 atom stereocenters. The van der Waals surface area contributed by atoms with Gasteiger partial charge in [0.25, 0.3) is 5.91 Å². The first-order valence-electron chi connectivity index (χ1n) is 11.4. The molecule has 1 aliphatic heterocycles. The largest absolute Gasteiger partial charge is 0.378 e. The van der Waals surface area contributed by atoms with E-state index in [1.54, 1.807) is 0 Å². The van der Waals surface area contributed by atoms with E-state index in [0.717, 1.165) is 31.9 Å². The lowest BCUT2D eigenvalue weighted by atomic mass is 10.0. The quantitative estimate of drug-likeness (QED) is 0.591. The molecule has 1 aliphatic rings. The highest BCUT2D eigenvalue weighted by molar-refractivity contribution is 5.94. The van der Waals surface area contributed by atoms with E-state index in [9.17, 15) is 9.18 Å². The first-order valence-corrected chi connectivity index (χ1v) is 11.4. The second-order valence-electron chi connectivity index (χ2n) is 8.58. The van der Waals surface area contributed by atoms with Gasteiger partial charge in [0.1, 0.15) is 5.82 Å². The number of para-hydroxylation sites is 1. The van der Waals surface area contributed by atoms with Gasteiger partial charge in [-0.3, -0.25) is 9.69 Å². The van der Waals surface area contributed by atoms with Crippen LogP contribution in [0.3, 0.4) is 0 Å². The maximum absolute atomic E-state index is 13.2. The van der Waals surface area contributed by atoms with Crippen molar-refractivity contribution in [2.75, 3.05) is 56.6 Å². The highest BCUT2D eigenvalue weighted by Gasteiger charge is 2.26. The summed E-state index contributed by atoms with van der Waals surface area (Å²) < 4.78 is 13.2. The Bertz CT molecular complexity index is 1030. The van der Waals surface area contributed by atoms with E-state index in [4.69, 9.17) is 0 Å². The fourth-order valence-corrected chi connectivity index (χ4v) is 4.28. The van der Waals surface area contributed by atoms with E-state index in [2.05, 4.69) is 68.5 Å². The lowest BCUT2D eigenvalue weighted by molar-refractivity contribution is 0.0930. The van der Waals surface area contributed by atoms with Crippen LogP contribution in [0.2, 0.25) is 0 Å². The maximum atomic E-state index is 13.2. The number of piperazine rings is 1. The van der Waals surface area contributed by atoms with Crippen molar-refractivity contribution in [2.45, 2.75) is 6.04 Å². The number of nitrogens with one attached hydrogen (secondary N) is 1. The van der Waals surface area contributed by atoms with Gasteiger partial charge in [-0.1, -0.05) is 30.3 Å². The molecule has 0 aromatic heterocycles. The first kappa shape index (κ1) is 22.8. The van der Waals surface area contributed by atoms with Gasteiger partial charge in [-0.15, -0.1) is 0 Å². The Morgan fingerprint density at radius 2 is 1.55 bits per heavy atom. The number of amides is 1. The van der Waals surface area contributed by atoms with Crippen LogP contribution < -0.4 is 15.1 Å². The topological polar surface area (TPSA) is 38.8 Å². The number of benzene rings is 3. The summed E-state index contributed by atoms with van der Waals surface area (Å²) in [5, 5.41) is 3.07. The van der Waals surface area contributed by atoms with Crippen molar-refractivity contribution in [1.29, 1.82) is 0 Å². The fourth-order valence-electron chi connectivity index (χ4n) is 4.28. The Morgan fingerprint density at radius 3 is 2.15 bits per heavy atom. The zero-order chi connectivity index (χ0) is 23.2. The van der Waals surface area contributed by atoms with Crippen LogP contribution in [-0.4, -0.2) is 57.6 Å². The molecular formula is C27H31FN4O. The van der Waals surface area contributed by atoms with Gasteiger partial charge in [0.2, 0.25) is 0 Å². The van der Waals surface area contributed by atoms with Gasteiger partial charge < -0.3 is 15.1 Å². The van der Waals surface area contributed by atoms with Gasteiger partial charge >= 0.3 is 0 Å². The van der Waals surface area contributed by atoms with Crippen molar-refractivity contribution < 1.29 is 9.18 Å². The number of rotatable bonds is 7. The summed E-state index contributed by atoms with van der Waals surface area (Å²) in [4.78, 5) is 19.6. The first-order chi connectivity index (χ1) is 16.0. The average molecular weight is 447 g/mol. The van der Waals surface area contributed by atoms with Gasteiger partial charge in [0.15, 0.2) is 0 Å². The third kappa shape index (κ3) is 5.71. The van der Waals surface area contributed by atoms with Crippen LogP contribution in [0.25, 0.3) is 0 Å². The average Bonchev–Trinajstić information content (AvgIpc) is 2.85. The van der Waals surface area contributed by atoms with Crippen LogP contribution in [-0.2, 0) is 0 Å². The molecule has 0 radical (unpaired) electrons. The van der Waals surface area contributed by atoms with Gasteiger partial charge in [0.05, 0.1) is 6.04 Å². The minimum absolute atomic E-state index is 0.0588. The Balaban J connectivity index is 1.47. The SMILES string of the molecule is CN(C)c1ccc(C(CNC(=O)c2ccc(F)cc2)N2CCN(c3ccccc3)CC2)cc1. The monoisotopic (exact) mass is 446 g/mol. The second-order valence-corrected chi connectivity index (χ2v) is 8.58. The Kier molecular flexibility index (Phi) is 7.25. The maximum Gasteiger partial charge on any atom is 0.251 e. The number of halogens is 1. The van der Waals surface area contributed by atoms with E-state index in [1.807, 2.05) is 20.2 Å². The van der Waals surface area contributed by atoms with E-state index in [-0.39, 0.29) is 17.8 Å². The van der Waals surface area contributed by atoms with E-state index in [1.165, 1.54) is 35.5 Å². The van der Waals surface area contributed by atoms with Crippen LogP contribution >= 0.6 is 0 Å². The number of hydrogen-bond donors (Lipinski definition) is 1. The van der Waals surface area contributed by atoms with Crippen molar-refractivity contribution in [2.24, 2.45) is 0 Å². The number of carbonyl (C=O) groups excluding carboxylic acids is 1. The minimum atomic E-state index is -0.346. The molecule has 1 N–H and O–H groups in total. The molecule has 1 unspecified atom stereocenters. The van der Waals surface area contributed by atoms with Crippen LogP contribution in [0.1, 0.15) is 22.0 Å². The number of hydrogen-bond acceptors (Lipinski definition) is 4. The Morgan fingerprint density at radius 1 is 0.909 bits per heavy atom. The van der Waals surface area contributed by atoms with Crippen molar-refractivity contribution in [3.05, 3.63) is 95.8 Å². The molecule has 0 saturated carbocycles. The Hall–Kier alpha value is -3.38. The van der Waals surface area contributed by atoms with Gasteiger partial charge in [-0.25, -0.2) is 4.39 Å². The molecule has 0 spiro atoms. The van der Waals surface area contributed by atoms with E-state index >= 15 is 0 Å². The van der Waals surface area contributed by atoms with Crippen LogP contribution in [0, 0.1) is 5.82 Å². The van der Waals surface area contributed by atoms with Crippen LogP contribution in [0.5, 0.6) is 0 Å². The molecule has 3 aromatic carbocycles. The summed E-state index contributed by atoms with van der Waals surface area (Å²) in [7, 11) is 4.05. The third-order valence-corrected chi connectivity index (χ3v) is 6.23. The predicted molar refractivity (Wildman–Crippen MR) is 132 cm³/mol. The summed E-state index contributed by atoms with van der Waals surface area (Å²) in [6.45, 7) is 4.16. The zero-order valence-electron chi connectivity index (χ0n) is 19.2. The normalized spacial score (nSPS) is 15.2.